The summed E-state index contributed by atoms with van der Waals surface area (Å²) >= 11 is 1.33. The van der Waals surface area contributed by atoms with Crippen LogP contribution in [0.3, 0.4) is 0 Å². The van der Waals surface area contributed by atoms with Gasteiger partial charge in [-0.1, -0.05) is 24.3 Å². The summed E-state index contributed by atoms with van der Waals surface area (Å²) < 4.78 is 42.9. The summed E-state index contributed by atoms with van der Waals surface area (Å²) in [6.07, 6.45) is 2.12. The highest BCUT2D eigenvalue weighted by atomic mass is 32.2. The Bertz CT molecular complexity index is 1450. The average molecular weight is 589 g/mol. The molecule has 0 aliphatic carbocycles. The maximum absolute atomic E-state index is 14.0. The highest BCUT2D eigenvalue weighted by Gasteiger charge is 2.51. The van der Waals surface area contributed by atoms with E-state index in [0.29, 0.717) is 10.6 Å². The van der Waals surface area contributed by atoms with Crippen molar-refractivity contribution in [3.8, 4) is 21.8 Å². The Morgan fingerprint density at radius 3 is 2.23 bits per heavy atom. The van der Waals surface area contributed by atoms with Crippen LogP contribution in [0.5, 0.6) is 0 Å². The fourth-order valence-electron chi connectivity index (χ4n) is 4.59. The van der Waals surface area contributed by atoms with Gasteiger partial charge in [0.25, 0.3) is 0 Å². The Morgan fingerprint density at radius 2 is 1.62 bits per heavy atom. The van der Waals surface area contributed by atoms with E-state index in [9.17, 15) is 18.0 Å². The summed E-state index contributed by atoms with van der Waals surface area (Å²) in [5.41, 5.74) is 0.268. The van der Waals surface area contributed by atoms with Crippen molar-refractivity contribution in [1.82, 2.24) is 9.88 Å². The van der Waals surface area contributed by atoms with Gasteiger partial charge in [-0.15, -0.1) is 11.3 Å². The summed E-state index contributed by atoms with van der Waals surface area (Å²) in [6.45, 7) is 10.6. The van der Waals surface area contributed by atoms with E-state index < -0.39 is 37.8 Å². The molecule has 1 atom stereocenters. The van der Waals surface area contributed by atoms with Crippen molar-refractivity contribution in [3.05, 3.63) is 53.9 Å². The maximum atomic E-state index is 14.0. The summed E-state index contributed by atoms with van der Waals surface area (Å²) in [4.78, 5) is 32.7. The number of amides is 1. The van der Waals surface area contributed by atoms with Crippen LogP contribution in [-0.2, 0) is 28.9 Å². The zero-order valence-corrected chi connectivity index (χ0v) is 25.4. The molecule has 1 aromatic carbocycles. The lowest BCUT2D eigenvalue weighted by molar-refractivity contribution is -0.155. The molecule has 3 aromatic rings. The number of aromatic nitrogens is 1. The number of esters is 1. The molecule has 11 heteroatoms. The highest BCUT2D eigenvalue weighted by Crippen LogP contribution is 2.46. The predicted octanol–water partition coefficient (Wildman–Crippen LogP) is 6.05. The average Bonchev–Trinajstić information content (AvgIpc) is 3.51. The summed E-state index contributed by atoms with van der Waals surface area (Å²) in [6, 6.07) is 11.3. The van der Waals surface area contributed by atoms with E-state index in [4.69, 9.17) is 13.9 Å². The zero-order valence-electron chi connectivity index (χ0n) is 23.7. The fraction of sp³-hybridized carbons (Fsp3) is 0.483. The Hall–Kier alpha value is -3.18. The van der Waals surface area contributed by atoms with E-state index >= 15 is 0 Å². The smallest absolute Gasteiger partial charge is 0.410 e. The molecule has 2 aromatic heterocycles. The highest BCUT2D eigenvalue weighted by molar-refractivity contribution is 7.92. The van der Waals surface area contributed by atoms with Crippen molar-refractivity contribution < 1.29 is 31.9 Å². The molecule has 0 saturated carbocycles. The van der Waals surface area contributed by atoms with Gasteiger partial charge in [-0.3, -0.25) is 4.79 Å². The Balaban J connectivity index is 1.70. The van der Waals surface area contributed by atoms with Crippen LogP contribution >= 0.6 is 11.3 Å². The van der Waals surface area contributed by atoms with Crippen molar-refractivity contribution in [2.24, 2.45) is 0 Å². The molecular formula is C29H36N2O7S2. The van der Waals surface area contributed by atoms with Gasteiger partial charge in [-0.05, 0) is 65.7 Å². The molecular weight excluding hydrogens is 552 g/mol. The Labute approximate surface area is 239 Å². The second-order valence-electron chi connectivity index (χ2n) is 11.9. The number of thiophene rings is 1. The van der Waals surface area contributed by atoms with Crippen LogP contribution < -0.4 is 0 Å². The van der Waals surface area contributed by atoms with Gasteiger partial charge in [-0.2, -0.15) is 0 Å². The second kappa shape index (κ2) is 11.0. The summed E-state index contributed by atoms with van der Waals surface area (Å²) in [5, 5.41) is 0. The van der Waals surface area contributed by atoms with Crippen molar-refractivity contribution >= 4 is 33.2 Å². The van der Waals surface area contributed by atoms with E-state index in [2.05, 4.69) is 4.98 Å². The number of carbonyl (C=O) groups excluding carboxylic acids is 2. The molecule has 0 spiro atoms. The van der Waals surface area contributed by atoms with Gasteiger partial charge in [0.05, 0.1) is 18.4 Å². The van der Waals surface area contributed by atoms with Crippen LogP contribution in [0.15, 0.2) is 53.4 Å². The number of benzene rings is 1. The first-order valence-corrected chi connectivity index (χ1v) is 15.6. The predicted molar refractivity (Wildman–Crippen MR) is 154 cm³/mol. The quantitative estimate of drug-likeness (QED) is 0.331. The number of carbonyl (C=O) groups is 2. The van der Waals surface area contributed by atoms with Crippen molar-refractivity contribution in [2.45, 2.75) is 70.3 Å². The third-order valence-electron chi connectivity index (χ3n) is 6.45. The minimum Gasteiger partial charge on any atom is -0.460 e. The Morgan fingerprint density at radius 1 is 0.975 bits per heavy atom. The zero-order chi connectivity index (χ0) is 29.3. The number of sulfone groups is 1. The number of rotatable bonds is 5. The maximum Gasteiger partial charge on any atom is 0.410 e. The van der Waals surface area contributed by atoms with Crippen molar-refractivity contribution in [2.75, 3.05) is 18.8 Å². The fourth-order valence-corrected chi connectivity index (χ4v) is 8.18. The molecule has 0 bridgehead atoms. The SMILES string of the molecule is CC(C)(C)OC(=O)CC1(c2ccc(-c3ccc(-c4cnco4)cc3)s2)CCN(C(=O)OC(C)(C)C)CCS1(=O)=O. The van der Waals surface area contributed by atoms with E-state index in [0.717, 1.165) is 16.0 Å². The molecule has 1 fully saturated rings. The van der Waals surface area contributed by atoms with Gasteiger partial charge >= 0.3 is 12.1 Å². The van der Waals surface area contributed by atoms with Gasteiger partial charge in [-0.25, -0.2) is 18.2 Å². The van der Waals surface area contributed by atoms with Crippen LogP contribution in [0.2, 0.25) is 0 Å². The number of ether oxygens (including phenoxy) is 2. The van der Waals surface area contributed by atoms with Crippen LogP contribution in [0.4, 0.5) is 4.79 Å². The van der Waals surface area contributed by atoms with Gasteiger partial charge in [0.2, 0.25) is 0 Å². The second-order valence-corrected chi connectivity index (χ2v) is 15.4. The molecule has 0 N–H and O–H groups in total. The van der Waals surface area contributed by atoms with E-state index in [1.165, 1.54) is 22.6 Å². The first kappa shape index (κ1) is 29.8. The molecule has 1 saturated heterocycles. The number of oxazole rings is 1. The van der Waals surface area contributed by atoms with E-state index in [1.807, 2.05) is 30.3 Å². The van der Waals surface area contributed by atoms with Crippen molar-refractivity contribution in [1.29, 1.82) is 0 Å². The van der Waals surface area contributed by atoms with Gasteiger partial charge in [0.15, 0.2) is 22.0 Å². The lowest BCUT2D eigenvalue weighted by Crippen LogP contribution is -2.40. The minimum atomic E-state index is -3.90. The first-order chi connectivity index (χ1) is 18.6. The molecule has 1 aliphatic rings. The minimum absolute atomic E-state index is 0.0192. The topological polar surface area (TPSA) is 116 Å². The Kier molecular flexibility index (Phi) is 8.20. The monoisotopic (exact) mass is 588 g/mol. The normalized spacial score (nSPS) is 19.6. The number of hydrogen-bond acceptors (Lipinski definition) is 9. The molecule has 3 heterocycles. The molecule has 0 radical (unpaired) electrons. The lowest BCUT2D eigenvalue weighted by atomic mass is 9.97. The molecule has 1 aliphatic heterocycles. The molecule has 1 amide bonds. The number of nitrogens with zero attached hydrogens (tertiary/aromatic N) is 2. The van der Waals surface area contributed by atoms with Crippen LogP contribution in [-0.4, -0.2) is 60.4 Å². The molecule has 40 heavy (non-hydrogen) atoms. The third kappa shape index (κ3) is 6.75. The van der Waals surface area contributed by atoms with Crippen LogP contribution in [0.25, 0.3) is 21.8 Å². The standard InChI is InChI=1S/C29H36N2O7S2/c1-27(2,3)37-25(32)17-29(13-14-31(15-16-40(29,34)35)26(33)38-28(4,5)6)24-12-11-23(39-24)21-9-7-20(8-10-21)22-18-30-19-36-22/h7-12,18-19H,13-17H2,1-6H3. The molecule has 4 rings (SSSR count). The molecule has 9 nitrogen and oxygen atoms in total. The largest absolute Gasteiger partial charge is 0.460 e. The van der Waals surface area contributed by atoms with Gasteiger partial charge in [0.1, 0.15) is 15.9 Å². The number of hydrogen-bond donors (Lipinski definition) is 0. The van der Waals surface area contributed by atoms with E-state index in [-0.39, 0.29) is 31.7 Å². The molecule has 1 unspecified atom stereocenters. The molecule has 216 valence electrons. The lowest BCUT2D eigenvalue weighted by Gasteiger charge is -2.32. The van der Waals surface area contributed by atoms with Crippen LogP contribution in [0.1, 0.15) is 59.3 Å². The van der Waals surface area contributed by atoms with E-state index in [1.54, 1.807) is 53.8 Å². The first-order valence-electron chi connectivity index (χ1n) is 13.1. The van der Waals surface area contributed by atoms with Gasteiger partial charge < -0.3 is 18.8 Å². The van der Waals surface area contributed by atoms with Gasteiger partial charge in [0, 0.05) is 28.4 Å². The van der Waals surface area contributed by atoms with Crippen molar-refractivity contribution in [3.63, 3.8) is 0 Å². The third-order valence-corrected chi connectivity index (χ3v) is 10.4. The summed E-state index contributed by atoms with van der Waals surface area (Å²) in [7, 11) is -3.90. The summed E-state index contributed by atoms with van der Waals surface area (Å²) in [5.74, 6) is -0.254. The van der Waals surface area contributed by atoms with Crippen LogP contribution in [0, 0.1) is 0 Å².